The van der Waals surface area contributed by atoms with Gasteiger partial charge in [0.25, 0.3) is 0 Å². The Kier molecular flexibility index (Phi) is 4.58. The fourth-order valence-corrected chi connectivity index (χ4v) is 2.74. The molecule has 0 saturated carbocycles. The molecule has 0 bridgehead atoms. The summed E-state index contributed by atoms with van der Waals surface area (Å²) in [6.07, 6.45) is -3.67. The molecular weight excluding hydrogens is 286 g/mol. The van der Waals surface area contributed by atoms with Gasteiger partial charge in [0.05, 0.1) is 0 Å². The monoisotopic (exact) mass is 305 g/mol. The molecule has 0 aromatic heterocycles. The van der Waals surface area contributed by atoms with Crippen LogP contribution in [0.15, 0.2) is 24.3 Å². The zero-order valence-electron chi connectivity index (χ0n) is 11.8. The van der Waals surface area contributed by atoms with E-state index in [2.05, 4.69) is 0 Å². The van der Waals surface area contributed by atoms with Crippen molar-refractivity contribution in [2.75, 3.05) is 13.1 Å². The number of aliphatic hydroxyl groups is 1. The quantitative estimate of drug-likeness (QED) is 0.866. The Morgan fingerprint density at radius 1 is 1.24 bits per heavy atom. The Hall–Kier alpha value is -1.14. The average Bonchev–Trinajstić information content (AvgIpc) is 2.40. The van der Waals surface area contributed by atoms with Crippen LogP contribution < -0.4 is 0 Å². The third-order valence-electron chi connectivity index (χ3n) is 4.19. The summed E-state index contributed by atoms with van der Waals surface area (Å²) in [5.41, 5.74) is -1.82. The van der Waals surface area contributed by atoms with Crippen molar-refractivity contribution in [1.29, 1.82) is 0 Å². The number of alkyl halides is 3. The number of rotatable bonds is 3. The summed E-state index contributed by atoms with van der Waals surface area (Å²) in [5, 5.41) is 9.79. The minimum atomic E-state index is -4.63. The molecule has 2 unspecified atom stereocenters. The van der Waals surface area contributed by atoms with Gasteiger partial charge in [0.15, 0.2) is 5.60 Å². The van der Waals surface area contributed by atoms with Crippen LogP contribution in [0.25, 0.3) is 0 Å². The molecule has 1 aromatic rings. The van der Waals surface area contributed by atoms with Crippen LogP contribution in [0, 0.1) is 11.7 Å². The van der Waals surface area contributed by atoms with Crippen molar-refractivity contribution < 1.29 is 22.7 Å². The van der Waals surface area contributed by atoms with Crippen molar-refractivity contribution >= 4 is 0 Å². The highest BCUT2D eigenvalue weighted by molar-refractivity contribution is 5.16. The highest BCUT2D eigenvalue weighted by atomic mass is 19.4. The molecule has 21 heavy (non-hydrogen) atoms. The van der Waals surface area contributed by atoms with E-state index in [4.69, 9.17) is 0 Å². The van der Waals surface area contributed by atoms with Crippen molar-refractivity contribution in [2.45, 2.75) is 38.1 Å². The van der Waals surface area contributed by atoms with Gasteiger partial charge in [-0.1, -0.05) is 12.1 Å². The smallest absolute Gasteiger partial charge is 0.380 e. The van der Waals surface area contributed by atoms with Crippen molar-refractivity contribution in [3.05, 3.63) is 35.6 Å². The Morgan fingerprint density at radius 2 is 1.86 bits per heavy atom. The van der Waals surface area contributed by atoms with Gasteiger partial charge in [-0.05, 0) is 44.0 Å². The van der Waals surface area contributed by atoms with Gasteiger partial charge in [-0.2, -0.15) is 13.2 Å². The maximum absolute atomic E-state index is 12.9. The largest absolute Gasteiger partial charge is 0.417 e. The molecule has 1 aliphatic rings. The second kappa shape index (κ2) is 5.93. The Bertz CT molecular complexity index is 470. The predicted molar refractivity (Wildman–Crippen MR) is 71.1 cm³/mol. The summed E-state index contributed by atoms with van der Waals surface area (Å²) in [4.78, 5) is 1.88. The standard InChI is InChI=1S/C15H19F4NO/c1-14(21,15(17,18)19)12-3-2-8-20(10-12)9-11-4-6-13(16)7-5-11/h4-7,12,21H,2-3,8-10H2,1H3. The maximum Gasteiger partial charge on any atom is 0.417 e. The van der Waals surface area contributed by atoms with Crippen LogP contribution in [0.2, 0.25) is 0 Å². The first-order valence-electron chi connectivity index (χ1n) is 6.96. The summed E-state index contributed by atoms with van der Waals surface area (Å²) >= 11 is 0. The van der Waals surface area contributed by atoms with Gasteiger partial charge in [0.2, 0.25) is 0 Å². The van der Waals surface area contributed by atoms with Crippen molar-refractivity contribution in [3.8, 4) is 0 Å². The minimum Gasteiger partial charge on any atom is -0.380 e. The van der Waals surface area contributed by atoms with E-state index >= 15 is 0 Å². The van der Waals surface area contributed by atoms with Crippen LogP contribution in [0.1, 0.15) is 25.3 Å². The van der Waals surface area contributed by atoms with Crippen molar-refractivity contribution in [3.63, 3.8) is 0 Å². The van der Waals surface area contributed by atoms with Gasteiger partial charge in [0.1, 0.15) is 5.82 Å². The molecular formula is C15H19F4NO. The Labute approximate surface area is 121 Å². The van der Waals surface area contributed by atoms with Gasteiger partial charge < -0.3 is 5.11 Å². The summed E-state index contributed by atoms with van der Waals surface area (Å²) in [7, 11) is 0. The van der Waals surface area contributed by atoms with E-state index in [0.717, 1.165) is 12.5 Å². The lowest BCUT2D eigenvalue weighted by atomic mass is 9.82. The first-order valence-corrected chi connectivity index (χ1v) is 6.96. The van der Waals surface area contributed by atoms with Gasteiger partial charge in [0, 0.05) is 19.0 Å². The Balaban J connectivity index is 2.02. The molecule has 118 valence electrons. The fourth-order valence-electron chi connectivity index (χ4n) is 2.74. The summed E-state index contributed by atoms with van der Waals surface area (Å²) in [6, 6.07) is 5.92. The third-order valence-corrected chi connectivity index (χ3v) is 4.19. The van der Waals surface area contributed by atoms with Gasteiger partial charge in [-0.3, -0.25) is 4.90 Å². The van der Waals surface area contributed by atoms with Crippen molar-refractivity contribution in [1.82, 2.24) is 4.90 Å². The lowest BCUT2D eigenvalue weighted by Crippen LogP contribution is -2.54. The fraction of sp³-hybridized carbons (Fsp3) is 0.600. The van der Waals surface area contributed by atoms with Crippen LogP contribution in [-0.4, -0.2) is 34.9 Å². The molecule has 1 heterocycles. The molecule has 1 fully saturated rings. The number of benzene rings is 1. The summed E-state index contributed by atoms with van der Waals surface area (Å²) in [5.74, 6) is -1.18. The SMILES string of the molecule is CC(O)(C1CCCN(Cc2ccc(F)cc2)C1)C(F)(F)F. The van der Waals surface area contributed by atoms with E-state index < -0.39 is 17.7 Å². The third kappa shape index (κ3) is 3.74. The topological polar surface area (TPSA) is 23.5 Å². The number of hydrogen-bond donors (Lipinski definition) is 1. The molecule has 2 rings (SSSR count). The lowest BCUT2D eigenvalue weighted by Gasteiger charge is -2.41. The maximum atomic E-state index is 12.9. The molecule has 0 spiro atoms. The van der Waals surface area contributed by atoms with E-state index in [-0.39, 0.29) is 12.4 Å². The zero-order valence-corrected chi connectivity index (χ0v) is 11.8. The molecule has 0 radical (unpaired) electrons. The van der Waals surface area contributed by atoms with Crippen LogP contribution >= 0.6 is 0 Å². The molecule has 1 aromatic carbocycles. The predicted octanol–water partition coefficient (Wildman–Crippen LogP) is 3.35. The van der Waals surface area contributed by atoms with Crippen LogP contribution in [0.5, 0.6) is 0 Å². The zero-order chi connectivity index (χ0) is 15.7. The van der Waals surface area contributed by atoms with E-state index in [1.165, 1.54) is 12.1 Å². The number of likely N-dealkylation sites (tertiary alicyclic amines) is 1. The van der Waals surface area contributed by atoms with E-state index in [1.807, 2.05) is 4.90 Å². The van der Waals surface area contributed by atoms with Gasteiger partial charge in [-0.25, -0.2) is 4.39 Å². The first-order chi connectivity index (χ1) is 9.70. The lowest BCUT2D eigenvalue weighted by molar-refractivity contribution is -0.276. The highest BCUT2D eigenvalue weighted by Crippen LogP contribution is 2.39. The molecule has 1 aliphatic heterocycles. The average molecular weight is 305 g/mol. The second-order valence-corrected chi connectivity index (χ2v) is 5.85. The molecule has 2 atom stereocenters. The van der Waals surface area contributed by atoms with Crippen LogP contribution in [0.4, 0.5) is 17.6 Å². The van der Waals surface area contributed by atoms with Crippen LogP contribution in [0.3, 0.4) is 0 Å². The highest BCUT2D eigenvalue weighted by Gasteiger charge is 2.55. The van der Waals surface area contributed by atoms with E-state index in [1.54, 1.807) is 12.1 Å². The number of halogens is 4. The molecule has 6 heteroatoms. The molecule has 1 N–H and O–H groups in total. The summed E-state index contributed by atoms with van der Waals surface area (Å²) in [6.45, 7) is 2.18. The van der Waals surface area contributed by atoms with Gasteiger partial charge >= 0.3 is 6.18 Å². The first kappa shape index (κ1) is 16.2. The van der Waals surface area contributed by atoms with Crippen LogP contribution in [-0.2, 0) is 6.54 Å². The van der Waals surface area contributed by atoms with E-state index in [9.17, 15) is 22.7 Å². The minimum absolute atomic E-state index is 0.184. The second-order valence-electron chi connectivity index (χ2n) is 5.85. The van der Waals surface area contributed by atoms with E-state index in [0.29, 0.717) is 25.9 Å². The normalized spacial score (nSPS) is 23.8. The molecule has 0 aliphatic carbocycles. The number of nitrogens with zero attached hydrogens (tertiary/aromatic N) is 1. The number of hydrogen-bond acceptors (Lipinski definition) is 2. The Morgan fingerprint density at radius 3 is 2.43 bits per heavy atom. The number of piperidine rings is 1. The van der Waals surface area contributed by atoms with Gasteiger partial charge in [-0.15, -0.1) is 0 Å². The summed E-state index contributed by atoms with van der Waals surface area (Å²) < 4.78 is 51.6. The molecule has 1 saturated heterocycles. The molecule has 0 amide bonds. The molecule has 2 nitrogen and oxygen atoms in total. The van der Waals surface area contributed by atoms with Crippen molar-refractivity contribution in [2.24, 2.45) is 5.92 Å².